The molecule has 44 heavy (non-hydrogen) atoms. The van der Waals surface area contributed by atoms with Crippen LogP contribution in [0.15, 0.2) is 97.1 Å². The van der Waals surface area contributed by atoms with Crippen LogP contribution in [0.4, 0.5) is 11.4 Å². The number of halogens is 1. The number of carbonyl (C=O) groups is 3. The molecule has 0 saturated carbocycles. The normalized spacial score (nSPS) is 12.9. The molecule has 2 N–H and O–H groups in total. The molecular formula is C36H39IN2O5. The summed E-state index contributed by atoms with van der Waals surface area (Å²) in [5.41, 5.74) is 4.60. The molecule has 7 nitrogen and oxygen atoms in total. The number of carbonyl (C=O) groups excluding carboxylic acids is 3. The molecule has 4 aromatic rings. The summed E-state index contributed by atoms with van der Waals surface area (Å²) in [6, 6.07) is 32.0. The molecule has 4 aromatic carbocycles. The summed E-state index contributed by atoms with van der Waals surface area (Å²) in [5.74, 6) is 1.43. The van der Waals surface area contributed by atoms with E-state index in [-0.39, 0.29) is 11.5 Å². The summed E-state index contributed by atoms with van der Waals surface area (Å²) in [4.78, 5) is 29.3. The van der Waals surface area contributed by atoms with Crippen molar-refractivity contribution in [3.63, 3.8) is 0 Å². The number of aryl methyl sites for hydroxylation is 1. The first-order valence-electron chi connectivity index (χ1n) is 13.7. The van der Waals surface area contributed by atoms with Crippen molar-refractivity contribution in [2.45, 2.75) is 39.4 Å². The van der Waals surface area contributed by atoms with Crippen molar-refractivity contribution in [3.05, 3.63) is 117 Å². The first-order valence-corrected chi connectivity index (χ1v) is 17.4. The zero-order valence-corrected chi connectivity index (χ0v) is 27.5. The molecule has 5 rings (SSSR count). The Balaban J connectivity index is 0.00000106. The molecule has 0 aliphatic carbocycles. The number of rotatable bonds is 8. The predicted octanol–water partition coefficient (Wildman–Crippen LogP) is 7.83. The fourth-order valence-electron chi connectivity index (χ4n) is 4.25. The topological polar surface area (TPSA) is 93.7 Å². The van der Waals surface area contributed by atoms with E-state index in [1.165, 1.54) is 5.56 Å². The van der Waals surface area contributed by atoms with Gasteiger partial charge in [-0.05, 0) is 0 Å². The Bertz CT molecular complexity index is 1490. The summed E-state index contributed by atoms with van der Waals surface area (Å²) >= 11 is -1.89. The Morgan fingerprint density at radius 1 is 0.864 bits per heavy atom. The van der Waals surface area contributed by atoms with Crippen LogP contribution in [0, 0.1) is 16.4 Å². The minimum atomic E-state index is -1.89. The van der Waals surface area contributed by atoms with Crippen LogP contribution >= 0.6 is 20.1 Å². The predicted molar refractivity (Wildman–Crippen MR) is 187 cm³/mol. The van der Waals surface area contributed by atoms with Crippen molar-refractivity contribution in [1.29, 1.82) is 0 Å². The number of anilines is 2. The van der Waals surface area contributed by atoms with Gasteiger partial charge in [-0.15, -0.1) is 12.8 Å². The summed E-state index contributed by atoms with van der Waals surface area (Å²) in [5, 5.41) is 3.03. The van der Waals surface area contributed by atoms with Gasteiger partial charge in [-0.2, -0.15) is 0 Å². The molecule has 0 radical (unpaired) electrons. The Morgan fingerprint density at radius 3 is 2.20 bits per heavy atom. The van der Waals surface area contributed by atoms with E-state index >= 15 is 0 Å². The standard InChI is InChI=1S/C32H33IN2O3.C2H2.2CH2O/c1-4-23-13-16-26(17-14-23)35-33-22-32(2,3)38-30-18-15-25(19-29(30)33)31(36)34-27-11-8-12-28(20-27)37-21-24-9-6-5-7-10-24;3*1-2/h5-20,35H,4,21-22H2,1-3H3,(H,34,36);1-2H;2*1H2. The van der Waals surface area contributed by atoms with Crippen LogP contribution in [0.2, 0.25) is 0 Å². The third kappa shape index (κ3) is 10.3. The molecular weight excluding hydrogens is 667 g/mol. The molecule has 0 fully saturated rings. The SMILES string of the molecule is C#C.C=O.C=O.CCc1ccc(NI2CC(C)(C)Oc3ccc(C(=O)Nc4cccc(OCc5ccccc5)c4)cc32)cc1. The average Bonchev–Trinajstić information content (AvgIpc) is 3.07. The Hall–Kier alpha value is -4.62. The summed E-state index contributed by atoms with van der Waals surface area (Å²) in [6.07, 6.45) is 9.02. The van der Waals surface area contributed by atoms with Crippen molar-refractivity contribution < 1.29 is 23.9 Å². The van der Waals surface area contributed by atoms with Crippen LogP contribution in [-0.4, -0.2) is 29.5 Å². The number of benzene rings is 4. The first kappa shape index (κ1) is 35.6. The van der Waals surface area contributed by atoms with Gasteiger partial charge in [0.1, 0.15) is 13.6 Å². The fraction of sp³-hybridized carbons (Fsp3) is 0.194. The number of ether oxygens (including phenoxy) is 2. The zero-order valence-electron chi connectivity index (χ0n) is 25.3. The van der Waals surface area contributed by atoms with Crippen molar-refractivity contribution >= 4 is 51.0 Å². The molecule has 1 amide bonds. The van der Waals surface area contributed by atoms with Gasteiger partial charge in [0.15, 0.2) is 0 Å². The molecule has 0 unspecified atom stereocenters. The Labute approximate surface area is 268 Å². The van der Waals surface area contributed by atoms with Crippen molar-refractivity contribution in [3.8, 4) is 24.3 Å². The summed E-state index contributed by atoms with van der Waals surface area (Å²) in [6.45, 7) is 10.9. The summed E-state index contributed by atoms with van der Waals surface area (Å²) < 4.78 is 18.1. The monoisotopic (exact) mass is 706 g/mol. The van der Waals surface area contributed by atoms with Gasteiger partial charge >= 0.3 is 215 Å². The number of hydrogen-bond acceptors (Lipinski definition) is 6. The molecule has 0 spiro atoms. The van der Waals surface area contributed by atoms with E-state index < -0.39 is 20.1 Å². The van der Waals surface area contributed by atoms with E-state index in [4.69, 9.17) is 19.1 Å². The molecule has 1 heterocycles. The van der Waals surface area contributed by atoms with Gasteiger partial charge < -0.3 is 9.59 Å². The van der Waals surface area contributed by atoms with E-state index in [2.05, 4.69) is 66.7 Å². The maximum absolute atomic E-state index is 13.3. The van der Waals surface area contributed by atoms with Crippen molar-refractivity contribution in [2.75, 3.05) is 13.3 Å². The van der Waals surface area contributed by atoms with E-state index in [1.807, 2.05) is 86.4 Å². The van der Waals surface area contributed by atoms with E-state index in [1.54, 1.807) is 0 Å². The molecule has 230 valence electrons. The molecule has 0 atom stereocenters. The van der Waals surface area contributed by atoms with E-state index in [0.29, 0.717) is 23.6 Å². The molecule has 0 saturated heterocycles. The third-order valence-electron chi connectivity index (χ3n) is 6.21. The number of nitrogens with one attached hydrogen (secondary N) is 2. The average molecular weight is 707 g/mol. The quantitative estimate of drug-likeness (QED) is 0.0840. The second kappa shape index (κ2) is 18.1. The number of terminal acetylenes is 1. The van der Waals surface area contributed by atoms with Gasteiger partial charge in [0.25, 0.3) is 0 Å². The van der Waals surface area contributed by atoms with Gasteiger partial charge in [-0.3, -0.25) is 0 Å². The third-order valence-corrected chi connectivity index (χ3v) is 12.3. The van der Waals surface area contributed by atoms with E-state index in [0.717, 1.165) is 31.4 Å². The second-order valence-corrected chi connectivity index (χ2v) is 14.4. The van der Waals surface area contributed by atoms with Crippen LogP contribution in [-0.2, 0) is 22.6 Å². The van der Waals surface area contributed by atoms with Gasteiger partial charge in [0.05, 0.1) is 0 Å². The van der Waals surface area contributed by atoms with Crippen LogP contribution < -0.4 is 18.3 Å². The minimum absolute atomic E-state index is 0.152. The van der Waals surface area contributed by atoms with Crippen LogP contribution in [0.3, 0.4) is 0 Å². The zero-order chi connectivity index (χ0) is 32.5. The summed E-state index contributed by atoms with van der Waals surface area (Å²) in [7, 11) is 0. The first-order chi connectivity index (χ1) is 21.4. The van der Waals surface area contributed by atoms with Gasteiger partial charge in [-0.1, -0.05) is 18.2 Å². The van der Waals surface area contributed by atoms with Gasteiger partial charge in [-0.25, -0.2) is 0 Å². The molecule has 1 aliphatic rings. The second-order valence-electron chi connectivity index (χ2n) is 9.90. The maximum atomic E-state index is 13.3. The molecule has 8 heteroatoms. The Kier molecular flexibility index (Phi) is 14.7. The van der Waals surface area contributed by atoms with Gasteiger partial charge in [0, 0.05) is 0 Å². The number of fused-ring (bicyclic) bond motifs is 1. The molecule has 0 aromatic heterocycles. The number of amides is 1. The molecule has 1 aliphatic heterocycles. The molecule has 0 bridgehead atoms. The fourth-order valence-corrected chi connectivity index (χ4v) is 9.89. The van der Waals surface area contributed by atoms with Crippen LogP contribution in [0.1, 0.15) is 42.3 Å². The number of alkyl halides is 1. The van der Waals surface area contributed by atoms with Crippen LogP contribution in [0.25, 0.3) is 0 Å². The van der Waals surface area contributed by atoms with Crippen molar-refractivity contribution in [2.24, 2.45) is 0 Å². The van der Waals surface area contributed by atoms with Crippen LogP contribution in [0.5, 0.6) is 11.5 Å². The van der Waals surface area contributed by atoms with Gasteiger partial charge in [0.2, 0.25) is 0 Å². The number of hydrogen-bond donors (Lipinski definition) is 2. The van der Waals surface area contributed by atoms with Crippen molar-refractivity contribution in [1.82, 2.24) is 0 Å². The van der Waals surface area contributed by atoms with E-state index in [9.17, 15) is 4.79 Å². The Morgan fingerprint density at radius 2 is 1.55 bits per heavy atom.